The first-order chi connectivity index (χ1) is 9.76. The summed E-state index contributed by atoms with van der Waals surface area (Å²) in [5.41, 5.74) is 6.57. The van der Waals surface area contributed by atoms with Crippen LogP contribution in [0.4, 0.5) is 5.95 Å². The summed E-state index contributed by atoms with van der Waals surface area (Å²) in [4.78, 5) is 16.6. The summed E-state index contributed by atoms with van der Waals surface area (Å²) in [6, 6.07) is 7.41. The maximum absolute atomic E-state index is 5.74. The first-order valence-corrected chi connectivity index (χ1v) is 5.90. The lowest BCUT2D eigenvalue weighted by atomic mass is 10.2. The Hall–Kier alpha value is -2.96. The minimum absolute atomic E-state index is 0.162. The zero-order valence-electron chi connectivity index (χ0n) is 10.8. The molecule has 0 saturated heterocycles. The molecule has 0 atom stereocenters. The van der Waals surface area contributed by atoms with Gasteiger partial charge in [-0.1, -0.05) is 0 Å². The van der Waals surface area contributed by atoms with Crippen LogP contribution in [0, 0.1) is 0 Å². The first kappa shape index (κ1) is 12.1. The van der Waals surface area contributed by atoms with Crippen molar-refractivity contribution in [2.24, 2.45) is 0 Å². The summed E-state index contributed by atoms with van der Waals surface area (Å²) in [5.74, 6) is 1.87. The summed E-state index contributed by atoms with van der Waals surface area (Å²) in [6.07, 6.45) is 4.99. The molecule has 20 heavy (non-hydrogen) atoms. The third-order valence-corrected chi connectivity index (χ3v) is 2.72. The van der Waals surface area contributed by atoms with E-state index in [0.717, 1.165) is 11.3 Å². The second-order valence-electron chi connectivity index (χ2n) is 4.02. The highest BCUT2D eigenvalue weighted by Crippen LogP contribution is 2.20. The first-order valence-electron chi connectivity index (χ1n) is 5.90. The molecule has 1 aromatic carbocycles. The van der Waals surface area contributed by atoms with E-state index in [0.29, 0.717) is 11.8 Å². The number of benzene rings is 1. The van der Waals surface area contributed by atoms with Gasteiger partial charge >= 0.3 is 0 Å². The van der Waals surface area contributed by atoms with Crippen LogP contribution in [0.5, 0.6) is 5.75 Å². The van der Waals surface area contributed by atoms with Gasteiger partial charge in [-0.3, -0.25) is 4.57 Å². The van der Waals surface area contributed by atoms with Crippen LogP contribution < -0.4 is 10.5 Å². The molecule has 2 heterocycles. The number of nitrogens with two attached hydrogens (primary N) is 1. The molecular formula is C13H12N6O. The van der Waals surface area contributed by atoms with Gasteiger partial charge in [0.1, 0.15) is 12.1 Å². The maximum Gasteiger partial charge on any atom is 0.240 e. The van der Waals surface area contributed by atoms with Crippen LogP contribution in [0.15, 0.2) is 43.0 Å². The van der Waals surface area contributed by atoms with Crippen LogP contribution in [0.1, 0.15) is 0 Å². The van der Waals surface area contributed by atoms with E-state index in [9.17, 15) is 0 Å². The molecule has 3 rings (SSSR count). The van der Waals surface area contributed by atoms with Gasteiger partial charge in [0.15, 0.2) is 5.82 Å². The fourth-order valence-corrected chi connectivity index (χ4v) is 1.74. The maximum atomic E-state index is 5.74. The van der Waals surface area contributed by atoms with Gasteiger partial charge in [-0.15, -0.1) is 0 Å². The molecule has 0 unspecified atom stereocenters. The lowest BCUT2D eigenvalue weighted by molar-refractivity contribution is 0.415. The van der Waals surface area contributed by atoms with Gasteiger partial charge in [-0.05, 0) is 24.3 Å². The lowest BCUT2D eigenvalue weighted by Gasteiger charge is -2.06. The number of nitrogens with zero attached hydrogens (tertiary/aromatic N) is 5. The smallest absolute Gasteiger partial charge is 0.240 e. The number of hydrogen-bond acceptors (Lipinski definition) is 6. The standard InChI is InChI=1S/C13H12N6O/c1-20-10-4-2-9(3-5-10)11-16-12(14)18-13(17-11)19-7-6-15-8-19/h2-8H,1H3,(H2,14,16,17,18). The van der Waals surface area contributed by atoms with E-state index in [4.69, 9.17) is 10.5 Å². The van der Waals surface area contributed by atoms with Gasteiger partial charge in [-0.25, -0.2) is 4.98 Å². The number of imidazole rings is 1. The Balaban J connectivity index is 2.04. The minimum atomic E-state index is 0.162. The molecule has 0 amide bonds. The summed E-state index contributed by atoms with van der Waals surface area (Å²) < 4.78 is 6.79. The zero-order valence-corrected chi connectivity index (χ0v) is 10.8. The van der Waals surface area contributed by atoms with Crippen molar-refractivity contribution in [3.05, 3.63) is 43.0 Å². The molecule has 3 aromatic rings. The van der Waals surface area contributed by atoms with Crippen LogP contribution in [0.2, 0.25) is 0 Å². The van der Waals surface area contributed by atoms with Crippen molar-refractivity contribution in [2.45, 2.75) is 0 Å². The van der Waals surface area contributed by atoms with Crippen molar-refractivity contribution >= 4 is 5.95 Å². The second kappa shape index (κ2) is 4.96. The number of aromatic nitrogens is 5. The molecule has 100 valence electrons. The molecule has 0 fully saturated rings. The van der Waals surface area contributed by atoms with E-state index in [1.165, 1.54) is 0 Å². The van der Waals surface area contributed by atoms with Crippen molar-refractivity contribution in [1.82, 2.24) is 24.5 Å². The van der Waals surface area contributed by atoms with Gasteiger partial charge in [0, 0.05) is 18.0 Å². The zero-order chi connectivity index (χ0) is 13.9. The predicted octanol–water partition coefficient (Wildman–Crippen LogP) is 1.32. The Morgan fingerprint density at radius 3 is 2.55 bits per heavy atom. The van der Waals surface area contributed by atoms with Gasteiger partial charge < -0.3 is 10.5 Å². The Morgan fingerprint density at radius 2 is 1.90 bits per heavy atom. The number of ether oxygens (including phenoxy) is 1. The molecule has 0 bridgehead atoms. The Kier molecular flexibility index (Phi) is 3.00. The van der Waals surface area contributed by atoms with Crippen LogP contribution in [0.25, 0.3) is 17.3 Å². The van der Waals surface area contributed by atoms with Gasteiger partial charge in [0.05, 0.1) is 7.11 Å². The molecule has 0 aliphatic heterocycles. The van der Waals surface area contributed by atoms with E-state index < -0.39 is 0 Å². The van der Waals surface area contributed by atoms with E-state index in [1.807, 2.05) is 24.3 Å². The van der Waals surface area contributed by atoms with Gasteiger partial charge in [0.25, 0.3) is 0 Å². The summed E-state index contributed by atoms with van der Waals surface area (Å²) in [7, 11) is 1.62. The third kappa shape index (κ3) is 2.28. The topological polar surface area (TPSA) is 91.7 Å². The summed E-state index contributed by atoms with van der Waals surface area (Å²) in [6.45, 7) is 0. The van der Waals surface area contributed by atoms with Crippen molar-refractivity contribution in [2.75, 3.05) is 12.8 Å². The highest BCUT2D eigenvalue weighted by Gasteiger charge is 2.08. The van der Waals surface area contributed by atoms with Crippen LogP contribution in [-0.4, -0.2) is 31.6 Å². The van der Waals surface area contributed by atoms with Crippen molar-refractivity contribution in [3.8, 4) is 23.1 Å². The fourth-order valence-electron chi connectivity index (χ4n) is 1.74. The molecule has 0 aliphatic carbocycles. The van der Waals surface area contributed by atoms with E-state index >= 15 is 0 Å². The Morgan fingerprint density at radius 1 is 1.10 bits per heavy atom. The average Bonchev–Trinajstić information content (AvgIpc) is 3.01. The molecular weight excluding hydrogens is 256 g/mol. The number of methoxy groups -OCH3 is 1. The molecule has 0 radical (unpaired) electrons. The molecule has 0 saturated carbocycles. The molecule has 2 N–H and O–H groups in total. The quantitative estimate of drug-likeness (QED) is 0.770. The largest absolute Gasteiger partial charge is 0.497 e. The second-order valence-corrected chi connectivity index (χ2v) is 4.02. The SMILES string of the molecule is COc1ccc(-c2nc(N)nc(-n3ccnc3)n2)cc1. The number of nitrogen functional groups attached to an aromatic ring is 1. The molecule has 0 aliphatic rings. The lowest BCUT2D eigenvalue weighted by Crippen LogP contribution is -2.06. The molecule has 0 spiro atoms. The minimum Gasteiger partial charge on any atom is -0.497 e. The van der Waals surface area contributed by atoms with Crippen molar-refractivity contribution < 1.29 is 4.74 Å². The Labute approximate surface area is 115 Å². The van der Waals surface area contributed by atoms with E-state index in [-0.39, 0.29) is 5.95 Å². The van der Waals surface area contributed by atoms with Crippen LogP contribution >= 0.6 is 0 Å². The Bertz CT molecular complexity index is 708. The van der Waals surface area contributed by atoms with Gasteiger partial charge in [0.2, 0.25) is 11.9 Å². The monoisotopic (exact) mass is 268 g/mol. The summed E-state index contributed by atoms with van der Waals surface area (Å²) in [5, 5.41) is 0. The van der Waals surface area contributed by atoms with Gasteiger partial charge in [-0.2, -0.15) is 15.0 Å². The number of hydrogen-bond donors (Lipinski definition) is 1. The molecule has 2 aromatic heterocycles. The van der Waals surface area contributed by atoms with Crippen molar-refractivity contribution in [1.29, 1.82) is 0 Å². The van der Waals surface area contributed by atoms with E-state index in [2.05, 4.69) is 19.9 Å². The third-order valence-electron chi connectivity index (χ3n) is 2.72. The molecule has 7 heteroatoms. The van der Waals surface area contributed by atoms with Crippen LogP contribution in [0.3, 0.4) is 0 Å². The highest BCUT2D eigenvalue weighted by atomic mass is 16.5. The molecule has 7 nitrogen and oxygen atoms in total. The fraction of sp³-hybridized carbons (Fsp3) is 0.0769. The normalized spacial score (nSPS) is 10.4. The van der Waals surface area contributed by atoms with Crippen LogP contribution in [-0.2, 0) is 0 Å². The summed E-state index contributed by atoms with van der Waals surface area (Å²) >= 11 is 0. The highest BCUT2D eigenvalue weighted by molar-refractivity contribution is 5.57. The average molecular weight is 268 g/mol. The number of anilines is 1. The number of rotatable bonds is 3. The predicted molar refractivity (Wildman–Crippen MR) is 73.3 cm³/mol. The van der Waals surface area contributed by atoms with E-state index in [1.54, 1.807) is 30.4 Å². The van der Waals surface area contributed by atoms with Crippen molar-refractivity contribution in [3.63, 3.8) is 0 Å².